The van der Waals surface area contributed by atoms with Crippen LogP contribution in [0.5, 0.6) is 0 Å². The average Bonchev–Trinajstić information content (AvgIpc) is 0.762. The molecule has 0 saturated carbocycles. The summed E-state index contributed by atoms with van der Waals surface area (Å²) in [6, 6.07) is 140. The molecule has 0 aliphatic carbocycles. The van der Waals surface area contributed by atoms with Gasteiger partial charge in [-0.05, 0) is 147 Å². The molecule has 0 spiro atoms. The van der Waals surface area contributed by atoms with Crippen LogP contribution in [0.3, 0.4) is 0 Å². The smallest absolute Gasteiger partial charge is 0.256 e. The maximum atomic E-state index is 5.47. The Kier molecular flexibility index (Phi) is 28.4. The van der Waals surface area contributed by atoms with E-state index >= 15 is 0 Å². The number of fused-ring (bicyclic) bond motifs is 18. The molecule has 9 aromatic heterocycles. The van der Waals surface area contributed by atoms with Crippen molar-refractivity contribution in [2.45, 2.75) is 136 Å². The van der Waals surface area contributed by atoms with Crippen LogP contribution in [0.4, 0.5) is 0 Å². The summed E-state index contributed by atoms with van der Waals surface area (Å²) >= 11 is 0. The number of hydrogen-bond donors (Lipinski definition) is 0. The Bertz CT molecular complexity index is 6330. The van der Waals surface area contributed by atoms with Gasteiger partial charge in [0, 0.05) is 53.3 Å². The van der Waals surface area contributed by atoms with Gasteiger partial charge in [-0.1, -0.05) is 98.7 Å². The number of hydrogen-bond acceptors (Lipinski definition) is 9. The van der Waals surface area contributed by atoms with Crippen LogP contribution in [0.15, 0.2) is 309 Å². The number of benzene rings is 9. The van der Waals surface area contributed by atoms with E-state index in [0.717, 1.165) is 169 Å². The van der Waals surface area contributed by atoms with Crippen LogP contribution >= 0.6 is 0 Å². The first-order valence-electron chi connectivity index (χ1n) is 44.4. The van der Waals surface area contributed by atoms with E-state index in [1.54, 1.807) is 0 Å². The minimum absolute atomic E-state index is 0. The Morgan fingerprint density at radius 2 is 0.295 bits per heavy atom. The van der Waals surface area contributed by atoms with Crippen molar-refractivity contribution in [1.29, 1.82) is 0 Å². The van der Waals surface area contributed by atoms with Crippen molar-refractivity contribution in [3.63, 3.8) is 0 Å². The van der Waals surface area contributed by atoms with E-state index in [-0.39, 0.29) is 114 Å². The number of rotatable bonds is 9. The Morgan fingerprint density at radius 1 is 0.144 bits per heavy atom. The van der Waals surface area contributed by atoms with Crippen molar-refractivity contribution in [2.24, 2.45) is 0 Å². The van der Waals surface area contributed by atoms with Crippen LogP contribution in [0.2, 0.25) is 0 Å². The van der Waals surface area contributed by atoms with Crippen LogP contribution in [-0.4, -0.2) is 44.9 Å². The predicted octanol–water partition coefficient (Wildman–Crippen LogP) is 25.1. The van der Waals surface area contributed by atoms with Crippen LogP contribution in [-0.2, 0) is 60.3 Å². The summed E-state index contributed by atoms with van der Waals surface area (Å²) in [5.74, 6) is -1.67. The van der Waals surface area contributed by atoms with Crippen molar-refractivity contribution < 1.29 is 60.3 Å². The first-order valence-corrected chi connectivity index (χ1v) is 44.4. The zero-order valence-corrected chi connectivity index (χ0v) is 82.9. The Hall–Kier alpha value is -12.7. The maximum Gasteiger partial charge on any atom is 3.00 e. The summed E-state index contributed by atoms with van der Waals surface area (Å²) in [4.78, 5) is 48.5. The van der Waals surface area contributed by atoms with Crippen LogP contribution in [0.1, 0.15) is 273 Å². The fourth-order valence-electron chi connectivity index (χ4n) is 18.7. The SMILES string of the molecule is Cc1c[c-]c(C2c3cccc(n3)C(c3[c-]cc(C)cc3)c3cccc(n3)C(c3[c-]cc(C)cc3)c3cccc2n3)cc1.Cc1cc[c-]c(C2c3cc(C)cc(n3)C(c3[c-]ccc(C)c3)c3cc(C)cc(n3)C(c3[c-]ccc(C)c3)c3cc(C)cc2n3)c1.Cc1cc[c-]c(C2c3cccc(n3)C(c3[c-]ccc(C)c3)c3cccc(n3)C(c3[c-]ccc(C)c3)c3cccc2n3)c1.[Ir+3].[Ir+3].[Ir+3]. The normalized spacial score (nSPS) is 17.1. The molecule has 12 heteroatoms. The van der Waals surface area contributed by atoms with Crippen LogP contribution in [0, 0.1) is 138 Å². The first kappa shape index (κ1) is 92.5. The monoisotopic (exact) mass is 2240 g/mol. The van der Waals surface area contributed by atoms with E-state index in [9.17, 15) is 0 Å². The number of aryl methyl sites for hydroxylation is 12. The summed E-state index contributed by atoms with van der Waals surface area (Å²) in [5, 5.41) is 0. The van der Waals surface area contributed by atoms with Gasteiger partial charge in [0.2, 0.25) is 0 Å². The maximum absolute atomic E-state index is 5.47. The molecule has 132 heavy (non-hydrogen) atoms. The second-order valence-corrected chi connectivity index (χ2v) is 35.2. The molecule has 12 heterocycles. The fourth-order valence-corrected chi connectivity index (χ4v) is 18.7. The molecule has 21 rings (SSSR count). The largest absolute Gasteiger partial charge is 3.00 e. The molecule has 3 aliphatic rings. The van der Waals surface area contributed by atoms with Gasteiger partial charge >= 0.3 is 60.3 Å². The molecular weight excluding hydrogens is 2140 g/mol. The molecule has 648 valence electrons. The van der Waals surface area contributed by atoms with Gasteiger partial charge in [0.05, 0.1) is 102 Å². The van der Waals surface area contributed by atoms with E-state index in [1.165, 1.54) is 50.1 Å². The van der Waals surface area contributed by atoms with Gasteiger partial charge in [0.1, 0.15) is 0 Å². The summed E-state index contributed by atoms with van der Waals surface area (Å²) in [6.07, 6.45) is 0. The Balaban J connectivity index is 0.000000143. The minimum atomic E-state index is -0.195. The third-order valence-corrected chi connectivity index (χ3v) is 24.8. The van der Waals surface area contributed by atoms with Gasteiger partial charge in [-0.25, -0.2) is 0 Å². The summed E-state index contributed by atoms with van der Waals surface area (Å²) in [6.45, 7) is 25.5. The van der Waals surface area contributed by atoms with Crippen molar-refractivity contribution in [2.75, 3.05) is 0 Å². The number of pyridine rings is 9. The van der Waals surface area contributed by atoms with E-state index < -0.39 is 0 Å². The van der Waals surface area contributed by atoms with Crippen molar-refractivity contribution in [3.05, 3.63) is 583 Å². The quantitative estimate of drug-likeness (QED) is 0.130. The molecule has 0 saturated heterocycles. The Morgan fingerprint density at radius 3 is 0.447 bits per heavy atom. The molecule has 0 N–H and O–H groups in total. The molecule has 9 nitrogen and oxygen atoms in total. The van der Waals surface area contributed by atoms with E-state index in [1.807, 2.05) is 54.6 Å². The third-order valence-electron chi connectivity index (χ3n) is 24.8. The number of nitrogens with zero attached hydrogens (tertiary/aromatic N) is 9. The average molecular weight is 2240 g/mol. The zero-order chi connectivity index (χ0) is 88.5. The second kappa shape index (κ2) is 40.6. The zero-order valence-electron chi connectivity index (χ0n) is 75.7. The summed E-state index contributed by atoms with van der Waals surface area (Å²) < 4.78 is 0. The van der Waals surface area contributed by atoms with Gasteiger partial charge in [-0.3, -0.25) is 44.9 Å². The van der Waals surface area contributed by atoms with Crippen LogP contribution in [0.25, 0.3) is 0 Å². The fraction of sp³-hybridized carbons (Fsp3) is 0.175. The molecule has 0 unspecified atom stereocenters. The van der Waals surface area contributed by atoms with E-state index in [0.29, 0.717) is 0 Å². The first-order chi connectivity index (χ1) is 62.8. The predicted molar refractivity (Wildman–Crippen MR) is 511 cm³/mol. The van der Waals surface area contributed by atoms with Gasteiger partial charge in [-0.15, -0.1) is 50.1 Å². The van der Waals surface area contributed by atoms with Gasteiger partial charge in [0.25, 0.3) is 0 Å². The van der Waals surface area contributed by atoms with Gasteiger partial charge in [-0.2, -0.15) is 268 Å². The van der Waals surface area contributed by atoms with Crippen molar-refractivity contribution in [3.8, 4) is 0 Å². The molecule has 0 atom stereocenters. The van der Waals surface area contributed by atoms with Gasteiger partial charge in [0.15, 0.2) is 0 Å². The van der Waals surface area contributed by atoms with Gasteiger partial charge < -0.3 is 0 Å². The standard InChI is InChI=1S/C42H36N3.2C39H30N3.3Ir/c1-25-10-7-13-31(16-25)40-34-19-28(4)21-36(43-34)41(32-14-8-11-26(2)17-32)38-23-30(6)24-39(45-38)42(33-15-9-12-27(3)18-33)37-22-29(5)20-35(40)44-37;1-25-10-4-13-28(22-25)37-31-16-7-18-33(40-31)38(29-14-5-11-26(2)23-29)35-20-9-21-36(42-35)39(30-15-6-12-27(3)24-30)34-19-8-17-32(37)41-34;1-25-13-19-28(20-14-25)37-31-7-4-9-33(40-31)38(29-21-15-26(2)16-22-29)35-11-6-12-36(42-35)39(30-23-17-27(3)18-24-30)34-10-5-8-32(37)41-34;;;/h7-12,16-24,40-42H,1-6H3;4-12,16-24,37-39H,1-3H3;4-19,21,23,37-39H,1-3H3;;;/q3*-3;3*+3. The van der Waals surface area contributed by atoms with E-state index in [4.69, 9.17) is 44.9 Å². The molecule has 0 fully saturated rings. The number of aromatic nitrogens is 9. The molecule has 3 aliphatic heterocycles. The van der Waals surface area contributed by atoms with E-state index in [2.05, 4.69) is 392 Å². The molecule has 18 bridgehead atoms. The molecule has 18 aromatic rings. The molecular formula is C120H96Ir3N9. The summed E-state index contributed by atoms with van der Waals surface area (Å²) in [7, 11) is 0. The topological polar surface area (TPSA) is 116 Å². The minimum Gasteiger partial charge on any atom is -0.256 e. The summed E-state index contributed by atoms with van der Waals surface area (Å²) in [5.41, 5.74) is 40.5. The molecule has 0 radical (unpaired) electrons. The Labute approximate surface area is 817 Å². The van der Waals surface area contributed by atoms with Crippen molar-refractivity contribution in [1.82, 2.24) is 44.9 Å². The third kappa shape index (κ3) is 20.0. The molecule has 0 amide bonds. The molecule has 9 aromatic carbocycles. The van der Waals surface area contributed by atoms with Crippen LogP contribution < -0.4 is 0 Å². The van der Waals surface area contributed by atoms with Crippen molar-refractivity contribution >= 4 is 0 Å². The second-order valence-electron chi connectivity index (χ2n) is 35.2.